The lowest BCUT2D eigenvalue weighted by Gasteiger charge is -2.08. The summed E-state index contributed by atoms with van der Waals surface area (Å²) in [6.45, 7) is -0.106. The monoisotopic (exact) mass is 405 g/mol. The molecule has 1 amide bonds. The Morgan fingerprint density at radius 3 is 2.67 bits per heavy atom. The summed E-state index contributed by atoms with van der Waals surface area (Å²) in [6, 6.07) is 13.9. The van der Waals surface area contributed by atoms with Gasteiger partial charge in [0.05, 0.1) is 24.2 Å². The van der Waals surface area contributed by atoms with Crippen LogP contribution in [0.3, 0.4) is 0 Å². The summed E-state index contributed by atoms with van der Waals surface area (Å²) in [5.74, 6) is -0.234. The van der Waals surface area contributed by atoms with Crippen molar-refractivity contribution in [3.63, 3.8) is 0 Å². The first kappa shape index (κ1) is 19.2. The Bertz CT molecular complexity index is 1220. The molecular weight excluding hydrogens is 389 g/mol. The number of furan rings is 1. The number of halogens is 1. The van der Waals surface area contributed by atoms with Gasteiger partial charge in [-0.05, 0) is 48.5 Å². The van der Waals surface area contributed by atoms with Gasteiger partial charge < -0.3 is 9.73 Å². The zero-order chi connectivity index (χ0) is 20.9. The zero-order valence-corrected chi connectivity index (χ0v) is 15.7. The van der Waals surface area contributed by atoms with Crippen LogP contribution in [0.1, 0.15) is 5.69 Å². The van der Waals surface area contributed by atoms with Crippen LogP contribution in [0.5, 0.6) is 0 Å². The topological polar surface area (TPSA) is 103 Å². The molecular formula is C21H16FN5O3. The van der Waals surface area contributed by atoms with Gasteiger partial charge in [-0.2, -0.15) is 5.10 Å². The number of carbonyl (C=O) groups is 1. The number of hydrogen-bond donors (Lipinski definition) is 1. The Hall–Kier alpha value is -4.14. The Kier molecular flexibility index (Phi) is 5.42. The fourth-order valence-corrected chi connectivity index (χ4v) is 2.77. The maximum Gasteiger partial charge on any atom is 0.267 e. The van der Waals surface area contributed by atoms with Crippen molar-refractivity contribution in [1.29, 1.82) is 0 Å². The molecule has 0 unspecified atom stereocenters. The standard InChI is InChI=1S/C21H16FN5O3/c22-15-5-3-14(4-6-15)18-10-16(24-13-25-18)11-23-20(28)12-27-21(29)8-7-17(26-27)19-2-1-9-30-19/h1-10,13H,11-12H2,(H,23,28). The van der Waals surface area contributed by atoms with Crippen LogP contribution in [-0.4, -0.2) is 25.7 Å². The average Bonchev–Trinajstić information content (AvgIpc) is 3.29. The molecule has 0 atom stereocenters. The van der Waals surface area contributed by atoms with Crippen LogP contribution < -0.4 is 10.9 Å². The highest BCUT2D eigenvalue weighted by atomic mass is 19.1. The van der Waals surface area contributed by atoms with Gasteiger partial charge >= 0.3 is 0 Å². The molecule has 1 N–H and O–H groups in total. The molecule has 9 heteroatoms. The molecule has 0 fully saturated rings. The van der Waals surface area contributed by atoms with E-state index in [2.05, 4.69) is 20.4 Å². The number of benzene rings is 1. The van der Waals surface area contributed by atoms with E-state index in [0.717, 1.165) is 10.2 Å². The summed E-state index contributed by atoms with van der Waals surface area (Å²) in [6.07, 6.45) is 2.88. The van der Waals surface area contributed by atoms with E-state index in [-0.39, 0.29) is 18.9 Å². The largest absolute Gasteiger partial charge is 0.463 e. The third kappa shape index (κ3) is 4.46. The molecule has 150 valence electrons. The molecule has 0 aliphatic heterocycles. The van der Waals surface area contributed by atoms with Gasteiger partial charge in [-0.3, -0.25) is 9.59 Å². The molecule has 4 rings (SSSR count). The normalized spacial score (nSPS) is 10.7. The number of rotatable bonds is 6. The Labute approximate surface area is 170 Å². The highest BCUT2D eigenvalue weighted by molar-refractivity contribution is 5.75. The van der Waals surface area contributed by atoms with Gasteiger partial charge in [-0.25, -0.2) is 19.0 Å². The van der Waals surface area contributed by atoms with Crippen molar-refractivity contribution < 1.29 is 13.6 Å². The molecule has 3 aromatic heterocycles. The van der Waals surface area contributed by atoms with E-state index in [4.69, 9.17) is 4.42 Å². The number of amides is 1. The minimum Gasteiger partial charge on any atom is -0.463 e. The summed E-state index contributed by atoms with van der Waals surface area (Å²) in [5.41, 5.74) is 1.96. The number of carbonyl (C=O) groups excluding carboxylic acids is 1. The second kappa shape index (κ2) is 8.48. The van der Waals surface area contributed by atoms with Gasteiger partial charge in [0, 0.05) is 11.6 Å². The lowest BCUT2D eigenvalue weighted by molar-refractivity contribution is -0.122. The van der Waals surface area contributed by atoms with Crippen LogP contribution in [-0.2, 0) is 17.9 Å². The van der Waals surface area contributed by atoms with Crippen LogP contribution in [0.4, 0.5) is 4.39 Å². The predicted octanol–water partition coefficient (Wildman–Crippen LogP) is 2.42. The molecule has 0 aliphatic carbocycles. The first-order valence-corrected chi connectivity index (χ1v) is 9.04. The molecule has 1 aromatic carbocycles. The summed E-state index contributed by atoms with van der Waals surface area (Å²) < 4.78 is 19.4. The van der Waals surface area contributed by atoms with Gasteiger partial charge in [-0.15, -0.1) is 0 Å². The predicted molar refractivity (Wildman–Crippen MR) is 105 cm³/mol. The molecule has 0 spiro atoms. The molecule has 4 aromatic rings. The van der Waals surface area contributed by atoms with E-state index >= 15 is 0 Å². The molecule has 0 saturated carbocycles. The summed E-state index contributed by atoms with van der Waals surface area (Å²) in [5, 5.41) is 6.87. The highest BCUT2D eigenvalue weighted by Gasteiger charge is 2.10. The van der Waals surface area contributed by atoms with Crippen molar-refractivity contribution in [2.45, 2.75) is 13.1 Å². The van der Waals surface area contributed by atoms with E-state index in [1.165, 1.54) is 36.9 Å². The van der Waals surface area contributed by atoms with E-state index in [9.17, 15) is 14.0 Å². The maximum absolute atomic E-state index is 13.1. The number of aromatic nitrogens is 4. The lowest BCUT2D eigenvalue weighted by Crippen LogP contribution is -2.33. The van der Waals surface area contributed by atoms with Crippen molar-refractivity contribution in [3.8, 4) is 22.7 Å². The molecule has 0 bridgehead atoms. The molecule has 0 aliphatic rings. The molecule has 0 saturated heterocycles. The SMILES string of the molecule is O=C(Cn1nc(-c2ccco2)ccc1=O)NCc1cc(-c2ccc(F)cc2)ncn1. The fraction of sp³-hybridized carbons (Fsp3) is 0.0952. The van der Waals surface area contributed by atoms with Crippen molar-refractivity contribution in [2.75, 3.05) is 0 Å². The maximum atomic E-state index is 13.1. The third-order valence-electron chi connectivity index (χ3n) is 4.26. The van der Waals surface area contributed by atoms with Crippen molar-refractivity contribution >= 4 is 5.91 Å². The zero-order valence-electron chi connectivity index (χ0n) is 15.7. The van der Waals surface area contributed by atoms with Gasteiger partial charge in [0.15, 0.2) is 5.76 Å². The van der Waals surface area contributed by atoms with Crippen LogP contribution >= 0.6 is 0 Å². The summed E-state index contributed by atoms with van der Waals surface area (Å²) >= 11 is 0. The van der Waals surface area contributed by atoms with Gasteiger partial charge in [0.1, 0.15) is 24.4 Å². The number of nitrogens with zero attached hydrogens (tertiary/aromatic N) is 4. The van der Waals surface area contributed by atoms with Crippen LogP contribution in [0, 0.1) is 5.82 Å². The van der Waals surface area contributed by atoms with E-state index < -0.39 is 11.5 Å². The Morgan fingerprint density at radius 2 is 1.90 bits per heavy atom. The quantitative estimate of drug-likeness (QED) is 0.528. The smallest absolute Gasteiger partial charge is 0.267 e. The molecule has 0 radical (unpaired) electrons. The lowest BCUT2D eigenvalue weighted by atomic mass is 10.1. The second-order valence-electron chi connectivity index (χ2n) is 6.37. The minimum absolute atomic E-state index is 0.141. The van der Waals surface area contributed by atoms with Gasteiger partial charge in [0.25, 0.3) is 5.56 Å². The van der Waals surface area contributed by atoms with Crippen molar-refractivity contribution in [3.05, 3.63) is 89.1 Å². The first-order chi connectivity index (χ1) is 14.6. The van der Waals surface area contributed by atoms with Gasteiger partial charge in [0.2, 0.25) is 5.91 Å². The van der Waals surface area contributed by atoms with Gasteiger partial charge in [-0.1, -0.05) is 0 Å². The number of hydrogen-bond acceptors (Lipinski definition) is 6. The second-order valence-corrected chi connectivity index (χ2v) is 6.37. The van der Waals surface area contributed by atoms with Crippen LogP contribution in [0.15, 0.2) is 76.4 Å². The Morgan fingerprint density at radius 1 is 1.07 bits per heavy atom. The van der Waals surface area contributed by atoms with Crippen LogP contribution in [0.25, 0.3) is 22.7 Å². The minimum atomic E-state index is -0.402. The van der Waals surface area contributed by atoms with Crippen LogP contribution in [0.2, 0.25) is 0 Å². The molecule has 30 heavy (non-hydrogen) atoms. The average molecular weight is 405 g/mol. The fourth-order valence-electron chi connectivity index (χ4n) is 2.77. The summed E-state index contributed by atoms with van der Waals surface area (Å²) in [7, 11) is 0. The third-order valence-corrected chi connectivity index (χ3v) is 4.26. The number of nitrogens with one attached hydrogen (secondary N) is 1. The van der Waals surface area contributed by atoms with E-state index in [0.29, 0.717) is 22.8 Å². The summed E-state index contributed by atoms with van der Waals surface area (Å²) in [4.78, 5) is 32.6. The molecule has 8 nitrogen and oxygen atoms in total. The first-order valence-electron chi connectivity index (χ1n) is 9.04. The molecule has 3 heterocycles. The van der Waals surface area contributed by atoms with Crippen molar-refractivity contribution in [1.82, 2.24) is 25.1 Å². The Balaban J connectivity index is 1.42. The van der Waals surface area contributed by atoms with Crippen molar-refractivity contribution in [2.24, 2.45) is 0 Å². The van der Waals surface area contributed by atoms with E-state index in [1.807, 2.05) is 0 Å². The van der Waals surface area contributed by atoms with E-state index in [1.54, 1.807) is 30.3 Å². The highest BCUT2D eigenvalue weighted by Crippen LogP contribution is 2.17.